The molecule has 0 radical (unpaired) electrons. The highest BCUT2D eigenvalue weighted by Crippen LogP contribution is 2.29. The molecule has 0 amide bonds. The maximum absolute atomic E-state index is 12.5. The van der Waals surface area contributed by atoms with Crippen LogP contribution < -0.4 is 0 Å². The number of carbonyl (C=O) groups is 1. The average molecular weight is 353 g/mol. The maximum atomic E-state index is 12.5. The van der Waals surface area contributed by atoms with Crippen molar-refractivity contribution in [1.82, 2.24) is 4.98 Å². The van der Waals surface area contributed by atoms with Gasteiger partial charge in [0.15, 0.2) is 0 Å². The number of ether oxygens (including phenoxy) is 1. The molecule has 0 fully saturated rings. The van der Waals surface area contributed by atoms with Crippen LogP contribution in [0.1, 0.15) is 28.5 Å². The Morgan fingerprint density at radius 1 is 1.16 bits per heavy atom. The molecule has 5 heteroatoms. The summed E-state index contributed by atoms with van der Waals surface area (Å²) in [7, 11) is 0. The summed E-state index contributed by atoms with van der Waals surface area (Å²) in [5.41, 5.74) is 3.03. The lowest BCUT2D eigenvalue weighted by Gasteiger charge is -2.13. The van der Waals surface area contributed by atoms with Gasteiger partial charge in [-0.1, -0.05) is 18.2 Å². The summed E-state index contributed by atoms with van der Waals surface area (Å²) in [6.07, 6.45) is 0. The number of phenols is 1. The Morgan fingerprint density at radius 2 is 1.88 bits per heavy atom. The molecule has 0 bridgehead atoms. The standard InChI is InChI=1S/C20H19NO3S/c1-3-24-20(23)19-13(2)16-6-4-5-7-17(16)21-18(19)12-25-15-10-8-14(22)9-11-15/h4-11,22H,3,12H2,1-2H3. The highest BCUT2D eigenvalue weighted by atomic mass is 32.2. The number of aryl methyl sites for hydroxylation is 1. The Balaban J connectivity index is 2.00. The van der Waals surface area contributed by atoms with Crippen molar-refractivity contribution in [3.8, 4) is 5.75 Å². The average Bonchev–Trinajstić information content (AvgIpc) is 2.61. The molecule has 0 aliphatic heterocycles. The molecule has 3 rings (SSSR count). The third-order valence-electron chi connectivity index (χ3n) is 3.92. The number of esters is 1. The van der Waals surface area contributed by atoms with E-state index in [1.165, 1.54) is 0 Å². The highest BCUT2D eigenvalue weighted by Gasteiger charge is 2.19. The van der Waals surface area contributed by atoms with Gasteiger partial charge in [0, 0.05) is 16.0 Å². The van der Waals surface area contributed by atoms with E-state index < -0.39 is 0 Å². The summed E-state index contributed by atoms with van der Waals surface area (Å²) in [4.78, 5) is 18.2. The molecule has 1 N–H and O–H groups in total. The van der Waals surface area contributed by atoms with Crippen LogP contribution >= 0.6 is 11.8 Å². The molecule has 25 heavy (non-hydrogen) atoms. The summed E-state index contributed by atoms with van der Waals surface area (Å²) in [5.74, 6) is 0.445. The van der Waals surface area contributed by atoms with E-state index in [1.807, 2.05) is 43.3 Å². The van der Waals surface area contributed by atoms with Crippen LogP contribution in [0.15, 0.2) is 53.4 Å². The van der Waals surface area contributed by atoms with E-state index in [0.29, 0.717) is 23.6 Å². The zero-order valence-corrected chi connectivity index (χ0v) is 15.0. The molecular formula is C20H19NO3S. The number of fused-ring (bicyclic) bond motifs is 1. The number of carbonyl (C=O) groups excluding carboxylic acids is 1. The van der Waals surface area contributed by atoms with Gasteiger partial charge in [-0.2, -0.15) is 0 Å². The van der Waals surface area contributed by atoms with Crippen molar-refractivity contribution < 1.29 is 14.6 Å². The van der Waals surface area contributed by atoms with Gasteiger partial charge in [0.25, 0.3) is 0 Å². The lowest BCUT2D eigenvalue weighted by molar-refractivity contribution is 0.0524. The first-order valence-corrected chi connectivity index (χ1v) is 9.06. The first kappa shape index (κ1) is 17.3. The molecule has 1 heterocycles. The number of hydrogen-bond donors (Lipinski definition) is 1. The lowest BCUT2D eigenvalue weighted by Crippen LogP contribution is -2.12. The molecule has 3 aromatic rings. The molecule has 4 nitrogen and oxygen atoms in total. The molecule has 0 aliphatic carbocycles. The molecule has 0 unspecified atom stereocenters. The first-order valence-electron chi connectivity index (χ1n) is 8.07. The van der Waals surface area contributed by atoms with Crippen molar-refractivity contribution in [2.45, 2.75) is 24.5 Å². The second-order valence-corrected chi connectivity index (χ2v) is 6.63. The molecule has 0 saturated carbocycles. The summed E-state index contributed by atoms with van der Waals surface area (Å²) in [6.45, 7) is 4.06. The number of aromatic nitrogens is 1. The topological polar surface area (TPSA) is 59.4 Å². The van der Waals surface area contributed by atoms with Crippen LogP contribution in [0.4, 0.5) is 0 Å². The number of benzene rings is 2. The number of phenolic OH excluding ortho intramolecular Hbond substituents is 1. The van der Waals surface area contributed by atoms with Gasteiger partial charge in [-0.25, -0.2) is 4.79 Å². The van der Waals surface area contributed by atoms with E-state index in [-0.39, 0.29) is 11.7 Å². The number of para-hydroxylation sites is 1. The normalized spacial score (nSPS) is 10.8. The van der Waals surface area contributed by atoms with Crippen LogP contribution in [0.25, 0.3) is 10.9 Å². The Bertz CT molecular complexity index is 907. The predicted molar refractivity (Wildman–Crippen MR) is 100 cm³/mol. The molecular weight excluding hydrogens is 334 g/mol. The van der Waals surface area contributed by atoms with Crippen molar-refractivity contribution in [3.63, 3.8) is 0 Å². The van der Waals surface area contributed by atoms with Gasteiger partial charge in [0.05, 0.1) is 23.4 Å². The molecule has 0 spiro atoms. The number of aromatic hydroxyl groups is 1. The van der Waals surface area contributed by atoms with Gasteiger partial charge < -0.3 is 9.84 Å². The fourth-order valence-electron chi connectivity index (χ4n) is 2.71. The maximum Gasteiger partial charge on any atom is 0.340 e. The highest BCUT2D eigenvalue weighted by molar-refractivity contribution is 7.98. The Kier molecular flexibility index (Phi) is 5.24. The predicted octanol–water partition coefficient (Wildman–Crippen LogP) is 4.72. The van der Waals surface area contributed by atoms with Crippen LogP contribution in [0.2, 0.25) is 0 Å². The second kappa shape index (κ2) is 7.57. The summed E-state index contributed by atoms with van der Waals surface area (Å²) in [5, 5.41) is 10.4. The van der Waals surface area contributed by atoms with E-state index in [2.05, 4.69) is 0 Å². The monoisotopic (exact) mass is 353 g/mol. The van der Waals surface area contributed by atoms with E-state index in [1.54, 1.807) is 30.8 Å². The molecule has 0 aliphatic rings. The van der Waals surface area contributed by atoms with E-state index in [4.69, 9.17) is 9.72 Å². The Labute approximate surface area is 150 Å². The summed E-state index contributed by atoms with van der Waals surface area (Å²) < 4.78 is 5.24. The number of rotatable bonds is 5. The SMILES string of the molecule is CCOC(=O)c1c(CSc2ccc(O)cc2)nc2ccccc2c1C. The smallest absolute Gasteiger partial charge is 0.340 e. The van der Waals surface area contributed by atoms with Crippen molar-refractivity contribution in [3.05, 3.63) is 65.4 Å². The minimum Gasteiger partial charge on any atom is -0.508 e. The van der Waals surface area contributed by atoms with Gasteiger partial charge in [-0.05, 0) is 49.7 Å². The fourth-order valence-corrected chi connectivity index (χ4v) is 3.55. The molecule has 128 valence electrons. The van der Waals surface area contributed by atoms with Crippen molar-refractivity contribution in [2.75, 3.05) is 6.61 Å². The van der Waals surface area contributed by atoms with E-state index in [9.17, 15) is 9.90 Å². The van der Waals surface area contributed by atoms with Crippen LogP contribution in [-0.2, 0) is 10.5 Å². The summed E-state index contributed by atoms with van der Waals surface area (Å²) >= 11 is 1.57. The Morgan fingerprint density at radius 3 is 2.60 bits per heavy atom. The lowest BCUT2D eigenvalue weighted by atomic mass is 10.0. The zero-order chi connectivity index (χ0) is 17.8. The quantitative estimate of drug-likeness (QED) is 0.531. The summed E-state index contributed by atoms with van der Waals surface area (Å²) in [6, 6.07) is 14.8. The first-order chi connectivity index (χ1) is 12.1. The van der Waals surface area contributed by atoms with Crippen LogP contribution in [0, 0.1) is 6.92 Å². The largest absolute Gasteiger partial charge is 0.508 e. The number of nitrogens with zero attached hydrogens (tertiary/aromatic N) is 1. The minimum absolute atomic E-state index is 0.233. The fraction of sp³-hybridized carbons (Fsp3) is 0.200. The van der Waals surface area contributed by atoms with Gasteiger partial charge >= 0.3 is 5.97 Å². The third kappa shape index (κ3) is 3.77. The van der Waals surface area contributed by atoms with Gasteiger partial charge in [0.1, 0.15) is 5.75 Å². The van der Waals surface area contributed by atoms with E-state index >= 15 is 0 Å². The number of hydrogen-bond acceptors (Lipinski definition) is 5. The van der Waals surface area contributed by atoms with Gasteiger partial charge in [-0.15, -0.1) is 11.8 Å². The van der Waals surface area contributed by atoms with Crippen LogP contribution in [-0.4, -0.2) is 22.7 Å². The van der Waals surface area contributed by atoms with Crippen LogP contribution in [0.3, 0.4) is 0 Å². The molecule has 0 atom stereocenters. The Hall–Kier alpha value is -2.53. The zero-order valence-electron chi connectivity index (χ0n) is 14.2. The van der Waals surface area contributed by atoms with Gasteiger partial charge in [0.2, 0.25) is 0 Å². The third-order valence-corrected chi connectivity index (χ3v) is 4.94. The number of thioether (sulfide) groups is 1. The van der Waals surface area contributed by atoms with Crippen molar-refractivity contribution in [2.24, 2.45) is 0 Å². The molecule has 0 saturated heterocycles. The van der Waals surface area contributed by atoms with Crippen molar-refractivity contribution >= 4 is 28.6 Å². The number of pyridine rings is 1. The molecule has 2 aromatic carbocycles. The minimum atomic E-state index is -0.334. The van der Waals surface area contributed by atoms with Crippen molar-refractivity contribution in [1.29, 1.82) is 0 Å². The van der Waals surface area contributed by atoms with Crippen LogP contribution in [0.5, 0.6) is 5.75 Å². The molecule has 1 aromatic heterocycles. The van der Waals surface area contributed by atoms with Gasteiger partial charge in [-0.3, -0.25) is 4.98 Å². The van der Waals surface area contributed by atoms with E-state index in [0.717, 1.165) is 21.4 Å². The second-order valence-electron chi connectivity index (χ2n) is 5.58.